The number of amides is 1. The second kappa shape index (κ2) is 4.24. The maximum atomic E-state index is 12.0. The van der Waals surface area contributed by atoms with E-state index in [1.807, 2.05) is 0 Å². The number of hydrogen-bond donors (Lipinski definition) is 2. The van der Waals surface area contributed by atoms with Crippen molar-refractivity contribution < 1.29 is 14.7 Å². The summed E-state index contributed by atoms with van der Waals surface area (Å²) in [5.74, 6) is -2.46. The average Bonchev–Trinajstić information content (AvgIpc) is 2.85. The summed E-state index contributed by atoms with van der Waals surface area (Å²) in [4.78, 5) is 26.8. The van der Waals surface area contributed by atoms with E-state index in [9.17, 15) is 9.59 Å². The lowest BCUT2D eigenvalue weighted by Crippen LogP contribution is -2.18. The molecule has 1 aromatic rings. The average molecular weight is 269 g/mol. The van der Waals surface area contributed by atoms with Gasteiger partial charge in [0, 0.05) is 6.20 Å². The van der Waals surface area contributed by atoms with E-state index >= 15 is 0 Å². The van der Waals surface area contributed by atoms with Gasteiger partial charge in [-0.05, 0) is 17.5 Å². The first kappa shape index (κ1) is 12.8. The molecule has 1 saturated carbocycles. The van der Waals surface area contributed by atoms with Crippen LogP contribution >= 0.6 is 11.6 Å². The second-order valence-corrected chi connectivity index (χ2v) is 5.30. The van der Waals surface area contributed by atoms with Crippen molar-refractivity contribution in [3.05, 3.63) is 23.5 Å². The number of nitrogens with zero attached hydrogens (tertiary/aromatic N) is 1. The number of carbonyl (C=O) groups is 2. The van der Waals surface area contributed by atoms with Crippen molar-refractivity contribution in [3.63, 3.8) is 0 Å². The normalized spacial score (nSPS) is 24.4. The number of carboxylic acid groups (broad SMARTS) is 1. The Labute approximate surface area is 109 Å². The molecule has 2 rings (SSSR count). The molecule has 1 aromatic heterocycles. The first-order valence-electron chi connectivity index (χ1n) is 5.50. The van der Waals surface area contributed by atoms with Crippen LogP contribution in [0.4, 0.5) is 5.69 Å². The molecule has 0 bridgehead atoms. The van der Waals surface area contributed by atoms with E-state index in [0.717, 1.165) is 0 Å². The molecular weight excluding hydrogens is 256 g/mol. The van der Waals surface area contributed by atoms with Gasteiger partial charge in [0.15, 0.2) is 5.15 Å². The summed E-state index contributed by atoms with van der Waals surface area (Å²) in [6.45, 7) is 3.53. The summed E-state index contributed by atoms with van der Waals surface area (Å²) in [6, 6.07) is 3.27. The van der Waals surface area contributed by atoms with Gasteiger partial charge < -0.3 is 10.4 Å². The molecule has 0 aliphatic heterocycles. The van der Waals surface area contributed by atoms with Crippen molar-refractivity contribution in [1.29, 1.82) is 0 Å². The zero-order valence-corrected chi connectivity index (χ0v) is 10.7. The van der Waals surface area contributed by atoms with E-state index in [2.05, 4.69) is 10.3 Å². The number of aromatic nitrogens is 1. The lowest BCUT2D eigenvalue weighted by atomic mass is 10.1. The molecule has 96 valence electrons. The van der Waals surface area contributed by atoms with Crippen molar-refractivity contribution >= 4 is 29.2 Å². The quantitative estimate of drug-likeness (QED) is 0.822. The minimum atomic E-state index is -0.947. The van der Waals surface area contributed by atoms with Crippen LogP contribution in [-0.4, -0.2) is 22.0 Å². The van der Waals surface area contributed by atoms with Gasteiger partial charge in [-0.1, -0.05) is 25.4 Å². The third kappa shape index (κ3) is 2.06. The standard InChI is InChI=1S/C12H13ClN2O3/c1-12(2)7(8(12)11(17)18)10(16)15-6-4-3-5-14-9(6)13/h3-5,7-8H,1-2H3,(H,15,16)(H,17,18)/t7-,8+/m1/s1. The highest BCUT2D eigenvalue weighted by Gasteiger charge is 2.65. The molecule has 0 radical (unpaired) electrons. The molecule has 6 heteroatoms. The minimum Gasteiger partial charge on any atom is -0.481 e. The largest absolute Gasteiger partial charge is 0.481 e. The maximum absolute atomic E-state index is 12.0. The first-order valence-corrected chi connectivity index (χ1v) is 5.87. The van der Waals surface area contributed by atoms with Crippen LogP contribution in [0, 0.1) is 17.3 Å². The van der Waals surface area contributed by atoms with Crippen molar-refractivity contribution in [2.45, 2.75) is 13.8 Å². The molecule has 18 heavy (non-hydrogen) atoms. The number of halogens is 1. The van der Waals surface area contributed by atoms with E-state index < -0.39 is 23.2 Å². The molecule has 5 nitrogen and oxygen atoms in total. The highest BCUT2D eigenvalue weighted by atomic mass is 35.5. The molecule has 0 spiro atoms. The summed E-state index contributed by atoms with van der Waals surface area (Å²) in [5, 5.41) is 11.8. The van der Waals surface area contributed by atoms with Crippen LogP contribution in [0.3, 0.4) is 0 Å². The van der Waals surface area contributed by atoms with Crippen molar-refractivity contribution in [1.82, 2.24) is 4.98 Å². The fourth-order valence-corrected chi connectivity index (χ4v) is 2.44. The topological polar surface area (TPSA) is 79.3 Å². The van der Waals surface area contributed by atoms with Gasteiger partial charge >= 0.3 is 5.97 Å². The summed E-state index contributed by atoms with van der Waals surface area (Å²) in [7, 11) is 0. The number of aliphatic carboxylic acids is 1. The predicted octanol–water partition coefficient (Wildman–Crippen LogP) is 2.03. The fourth-order valence-electron chi connectivity index (χ4n) is 2.28. The Morgan fingerprint density at radius 3 is 2.61 bits per heavy atom. The SMILES string of the molecule is CC1(C)[C@H](C(=O)O)[C@@H]1C(=O)Nc1cccnc1Cl. The van der Waals surface area contributed by atoms with Crippen LogP contribution in [0.5, 0.6) is 0 Å². The number of hydrogen-bond acceptors (Lipinski definition) is 3. The maximum Gasteiger partial charge on any atom is 0.307 e. The highest BCUT2D eigenvalue weighted by Crippen LogP contribution is 2.58. The molecule has 2 atom stereocenters. The Hall–Kier alpha value is -1.62. The molecule has 1 aliphatic rings. The van der Waals surface area contributed by atoms with Crippen molar-refractivity contribution in [2.75, 3.05) is 5.32 Å². The lowest BCUT2D eigenvalue weighted by molar-refractivity contribution is -0.140. The first-order chi connectivity index (χ1) is 8.35. The number of carboxylic acids is 1. The van der Waals surface area contributed by atoms with E-state index in [0.29, 0.717) is 5.69 Å². The Morgan fingerprint density at radius 1 is 1.44 bits per heavy atom. The van der Waals surface area contributed by atoms with E-state index in [-0.39, 0.29) is 11.1 Å². The van der Waals surface area contributed by atoms with Crippen LogP contribution in [0.1, 0.15) is 13.8 Å². The lowest BCUT2D eigenvalue weighted by Gasteiger charge is -2.06. The molecule has 1 aliphatic carbocycles. The summed E-state index contributed by atoms with van der Waals surface area (Å²) in [6.07, 6.45) is 1.51. The van der Waals surface area contributed by atoms with Crippen LogP contribution in [0.2, 0.25) is 5.15 Å². The van der Waals surface area contributed by atoms with Gasteiger partial charge in [0.2, 0.25) is 5.91 Å². The smallest absolute Gasteiger partial charge is 0.307 e. The number of rotatable bonds is 3. The van der Waals surface area contributed by atoms with Crippen molar-refractivity contribution in [2.24, 2.45) is 17.3 Å². The monoisotopic (exact) mass is 268 g/mol. The summed E-state index contributed by atoms with van der Waals surface area (Å²) >= 11 is 5.82. The van der Waals surface area contributed by atoms with Crippen LogP contribution in [0.25, 0.3) is 0 Å². The van der Waals surface area contributed by atoms with Gasteiger partial charge in [-0.2, -0.15) is 0 Å². The van der Waals surface area contributed by atoms with Crippen LogP contribution in [-0.2, 0) is 9.59 Å². The summed E-state index contributed by atoms with van der Waals surface area (Å²) < 4.78 is 0. The van der Waals surface area contributed by atoms with Gasteiger partial charge in [-0.3, -0.25) is 9.59 Å². The van der Waals surface area contributed by atoms with Gasteiger partial charge in [-0.15, -0.1) is 0 Å². The van der Waals surface area contributed by atoms with Gasteiger partial charge in [-0.25, -0.2) is 4.98 Å². The Morgan fingerprint density at radius 2 is 2.11 bits per heavy atom. The number of pyridine rings is 1. The predicted molar refractivity (Wildman–Crippen MR) is 66.3 cm³/mol. The molecule has 1 heterocycles. The van der Waals surface area contributed by atoms with Crippen molar-refractivity contribution in [3.8, 4) is 0 Å². The fraction of sp³-hybridized carbons (Fsp3) is 0.417. The molecule has 2 N–H and O–H groups in total. The molecule has 0 saturated heterocycles. The van der Waals surface area contributed by atoms with Gasteiger partial charge in [0.05, 0.1) is 17.5 Å². The number of nitrogens with one attached hydrogen (secondary N) is 1. The number of anilines is 1. The van der Waals surface area contributed by atoms with E-state index in [1.54, 1.807) is 26.0 Å². The molecule has 0 unspecified atom stereocenters. The minimum absolute atomic E-state index is 0.191. The molecular formula is C12H13ClN2O3. The Kier molecular flexibility index (Phi) is 3.02. The van der Waals surface area contributed by atoms with Gasteiger partial charge in [0.1, 0.15) is 0 Å². The number of carbonyl (C=O) groups excluding carboxylic acids is 1. The molecule has 1 amide bonds. The molecule has 0 aromatic carbocycles. The Bertz CT molecular complexity index is 516. The van der Waals surface area contributed by atoms with E-state index in [4.69, 9.17) is 16.7 Å². The molecule has 1 fully saturated rings. The second-order valence-electron chi connectivity index (χ2n) is 4.95. The summed E-state index contributed by atoms with van der Waals surface area (Å²) in [5.41, 5.74) is -0.124. The third-order valence-electron chi connectivity index (χ3n) is 3.39. The van der Waals surface area contributed by atoms with Gasteiger partial charge in [0.25, 0.3) is 0 Å². The zero-order chi connectivity index (χ0) is 13.5. The third-order valence-corrected chi connectivity index (χ3v) is 3.69. The van der Waals surface area contributed by atoms with E-state index in [1.165, 1.54) is 6.20 Å². The zero-order valence-electron chi connectivity index (χ0n) is 9.98. The Balaban J connectivity index is 2.11. The highest BCUT2D eigenvalue weighted by molar-refractivity contribution is 6.32. The van der Waals surface area contributed by atoms with Crippen LogP contribution in [0.15, 0.2) is 18.3 Å². The van der Waals surface area contributed by atoms with Crippen LogP contribution < -0.4 is 5.32 Å².